The number of rotatable bonds is 4. The molecule has 1 aliphatic rings. The monoisotopic (exact) mass is 307 g/mol. The van der Waals surface area contributed by atoms with Gasteiger partial charge >= 0.3 is 100 Å². The second-order valence-electron chi connectivity index (χ2n) is 3.88. The molecule has 15 heavy (non-hydrogen) atoms. The van der Waals surface area contributed by atoms with Crippen LogP contribution in [0.15, 0.2) is 22.7 Å². The third-order valence-corrected chi connectivity index (χ3v) is 39.9. The van der Waals surface area contributed by atoms with Crippen molar-refractivity contribution in [3.05, 3.63) is 22.7 Å². The maximum atomic E-state index is 2.52. The van der Waals surface area contributed by atoms with Gasteiger partial charge in [-0.1, -0.05) is 0 Å². The summed E-state index contributed by atoms with van der Waals surface area (Å²) in [5.41, 5.74) is 0. The Bertz CT molecular complexity index is 258. The fraction of sp³-hybridized carbons (Fsp3) is 0.636. The van der Waals surface area contributed by atoms with Gasteiger partial charge in [0.1, 0.15) is 0 Å². The van der Waals surface area contributed by atoms with E-state index in [1.165, 1.54) is 6.42 Å². The molecular formula is C11H23CoP3. The number of allylic oxidation sites excluding steroid dienone is 4. The van der Waals surface area contributed by atoms with Gasteiger partial charge in [0.05, 0.1) is 0 Å². The van der Waals surface area contributed by atoms with Gasteiger partial charge in [0.15, 0.2) is 0 Å². The second kappa shape index (κ2) is 5.75. The van der Waals surface area contributed by atoms with Gasteiger partial charge in [-0.05, 0) is 0 Å². The molecule has 0 radical (unpaired) electrons. The minimum absolute atomic E-state index is 0.221. The van der Waals surface area contributed by atoms with Gasteiger partial charge in [0.25, 0.3) is 0 Å². The first-order valence-corrected chi connectivity index (χ1v) is 16.0. The van der Waals surface area contributed by atoms with Gasteiger partial charge in [0, 0.05) is 0 Å². The average Bonchev–Trinajstić information content (AvgIpc) is 2.55. The zero-order valence-corrected chi connectivity index (χ0v) is 14.3. The van der Waals surface area contributed by atoms with Crippen LogP contribution in [0, 0.1) is 0 Å². The Morgan fingerprint density at radius 1 is 0.933 bits per heavy atom. The molecule has 0 heterocycles. The fourth-order valence-corrected chi connectivity index (χ4v) is 39.5. The third-order valence-electron chi connectivity index (χ3n) is 2.24. The van der Waals surface area contributed by atoms with E-state index in [4.69, 9.17) is 0 Å². The summed E-state index contributed by atoms with van der Waals surface area (Å²) in [6, 6.07) is 0. The molecule has 0 aromatic rings. The molecule has 0 amide bonds. The van der Waals surface area contributed by atoms with Crippen molar-refractivity contribution < 1.29 is 11.3 Å². The molecule has 1 rings (SSSR count). The molecule has 0 fully saturated rings. The summed E-state index contributed by atoms with van der Waals surface area (Å²) >= 11 is -0.746. The molecule has 0 N–H and O–H groups in total. The van der Waals surface area contributed by atoms with Gasteiger partial charge in [-0.3, -0.25) is 0 Å². The Morgan fingerprint density at radius 2 is 1.40 bits per heavy atom. The molecule has 0 saturated heterocycles. The van der Waals surface area contributed by atoms with E-state index in [0.717, 1.165) is 0 Å². The first-order valence-electron chi connectivity index (χ1n) is 5.01. The summed E-state index contributed by atoms with van der Waals surface area (Å²) in [5, 5.41) is 0. The molecule has 0 bridgehead atoms. The normalized spacial score (nSPS) is 18.1. The van der Waals surface area contributed by atoms with Crippen LogP contribution in [-0.4, -0.2) is 40.0 Å². The standard InChI is InChI=1S/C5H5.3C2H6P.Co/c1-2-4-5-3-1;3*1-3-2;/h1-3H,4H2;3*1-2H3;/q;3*-1;+3. The molecule has 0 saturated carbocycles. The molecule has 0 aliphatic heterocycles. The van der Waals surface area contributed by atoms with Crippen LogP contribution in [0.1, 0.15) is 6.42 Å². The van der Waals surface area contributed by atoms with Crippen LogP contribution in [0.5, 0.6) is 0 Å². The van der Waals surface area contributed by atoms with E-state index in [9.17, 15) is 0 Å². The zero-order valence-electron chi connectivity index (χ0n) is 10.6. The topological polar surface area (TPSA) is 0 Å². The summed E-state index contributed by atoms with van der Waals surface area (Å²) in [5.74, 6) is 0. The van der Waals surface area contributed by atoms with Gasteiger partial charge in [0.2, 0.25) is 0 Å². The van der Waals surface area contributed by atoms with Crippen molar-refractivity contribution >= 4 is 20.0 Å². The van der Waals surface area contributed by atoms with E-state index in [0.29, 0.717) is 0 Å². The third kappa shape index (κ3) is 2.58. The van der Waals surface area contributed by atoms with E-state index in [1.54, 1.807) is 0 Å². The van der Waals surface area contributed by atoms with E-state index in [2.05, 4.69) is 58.2 Å². The SMILES string of the molecule is C[P](C)[Co]([C]1=CC=CC1)([P](C)C)[P](C)C. The van der Waals surface area contributed by atoms with Crippen LogP contribution >= 0.6 is 20.0 Å². The van der Waals surface area contributed by atoms with Crippen LogP contribution in [0.4, 0.5) is 0 Å². The van der Waals surface area contributed by atoms with E-state index in [-0.39, 0.29) is 20.0 Å². The van der Waals surface area contributed by atoms with Gasteiger partial charge in [-0.25, -0.2) is 0 Å². The van der Waals surface area contributed by atoms with Crippen molar-refractivity contribution in [3.8, 4) is 0 Å². The Kier molecular flexibility index (Phi) is 5.49. The van der Waals surface area contributed by atoms with Crippen molar-refractivity contribution in [1.82, 2.24) is 0 Å². The summed E-state index contributed by atoms with van der Waals surface area (Å²) in [6.45, 7) is 15.8. The first kappa shape index (κ1) is 14.3. The van der Waals surface area contributed by atoms with Crippen molar-refractivity contribution in [1.29, 1.82) is 0 Å². The van der Waals surface area contributed by atoms with E-state index >= 15 is 0 Å². The predicted octanol–water partition coefficient (Wildman–Crippen LogP) is 4.95. The second-order valence-corrected chi connectivity index (χ2v) is 27.2. The van der Waals surface area contributed by atoms with Crippen LogP contribution in [0.3, 0.4) is 0 Å². The summed E-state index contributed by atoms with van der Waals surface area (Å²) < 4.78 is 1.84. The van der Waals surface area contributed by atoms with Crippen molar-refractivity contribution in [3.63, 3.8) is 0 Å². The molecule has 1 aliphatic carbocycles. The fourth-order valence-electron chi connectivity index (χ4n) is 1.95. The Labute approximate surface area is 100 Å². The van der Waals surface area contributed by atoms with Crippen molar-refractivity contribution in [2.75, 3.05) is 40.0 Å². The van der Waals surface area contributed by atoms with Gasteiger partial charge in [-0.15, -0.1) is 0 Å². The Balaban J connectivity index is 3.14. The molecule has 0 unspecified atom stereocenters. The zero-order chi connectivity index (χ0) is 11.6. The van der Waals surface area contributed by atoms with Crippen molar-refractivity contribution in [2.45, 2.75) is 6.42 Å². The maximum absolute atomic E-state index is 2.52. The number of hydrogen-bond donors (Lipinski definition) is 0. The van der Waals surface area contributed by atoms with Crippen molar-refractivity contribution in [2.24, 2.45) is 0 Å². The Morgan fingerprint density at radius 3 is 1.67 bits per heavy atom. The first-order chi connectivity index (χ1) is 6.94. The molecule has 91 valence electrons. The van der Waals surface area contributed by atoms with Crippen LogP contribution in [0.25, 0.3) is 0 Å². The summed E-state index contributed by atoms with van der Waals surface area (Å²) in [4.78, 5) is 0. The molecule has 0 aromatic carbocycles. The van der Waals surface area contributed by atoms with Gasteiger partial charge < -0.3 is 0 Å². The molecule has 4 heteroatoms. The van der Waals surface area contributed by atoms with E-state index < -0.39 is 11.3 Å². The molecule has 0 spiro atoms. The van der Waals surface area contributed by atoms with E-state index in [1.807, 2.05) is 4.51 Å². The van der Waals surface area contributed by atoms with Crippen LogP contribution in [0.2, 0.25) is 0 Å². The van der Waals surface area contributed by atoms with Crippen LogP contribution < -0.4 is 0 Å². The minimum atomic E-state index is -0.746. The summed E-state index contributed by atoms with van der Waals surface area (Å²) in [7, 11) is 0. The molecular weight excluding hydrogens is 284 g/mol. The molecule has 0 atom stereocenters. The summed E-state index contributed by atoms with van der Waals surface area (Å²) in [6.07, 6.45) is 8.33. The quantitative estimate of drug-likeness (QED) is 0.644. The number of hydrogen-bond acceptors (Lipinski definition) is 0. The molecule has 0 nitrogen and oxygen atoms in total. The average molecular weight is 307 g/mol. The molecule has 0 aromatic heterocycles. The van der Waals surface area contributed by atoms with Gasteiger partial charge in [-0.2, -0.15) is 0 Å². The predicted molar refractivity (Wildman–Crippen MR) is 78.1 cm³/mol. The van der Waals surface area contributed by atoms with Crippen LogP contribution in [-0.2, 0) is 11.3 Å². The Hall–Kier alpha value is 1.28.